The number of halogens is 4. The molecule has 0 fully saturated rings. The average molecular weight is 577 g/mol. The fourth-order valence-electron chi connectivity index (χ4n) is 3.85. The minimum Gasteiger partial charge on any atom is -0.618 e. The van der Waals surface area contributed by atoms with Crippen LogP contribution in [0.25, 0.3) is 22.2 Å². The van der Waals surface area contributed by atoms with Crippen LogP contribution in [0.3, 0.4) is 0 Å². The van der Waals surface area contributed by atoms with Gasteiger partial charge in [0, 0.05) is 26.6 Å². The second kappa shape index (κ2) is 9.82. The Morgan fingerprint density at radius 2 is 1.75 bits per heavy atom. The van der Waals surface area contributed by atoms with Gasteiger partial charge in [-0.3, -0.25) is 4.79 Å². The number of rotatable bonds is 5. The lowest BCUT2D eigenvalue weighted by molar-refractivity contribution is -0.565. The number of amides is 1. The minimum absolute atomic E-state index is 0.0996. The average Bonchev–Trinajstić information content (AvgIpc) is 2.79. The van der Waals surface area contributed by atoms with E-state index >= 15 is 0 Å². The summed E-state index contributed by atoms with van der Waals surface area (Å²) in [5.74, 6) is -2.15. The molecule has 2 N–H and O–H groups in total. The molecule has 0 atom stereocenters. The van der Waals surface area contributed by atoms with Crippen molar-refractivity contribution in [3.05, 3.63) is 93.1 Å². The Balaban J connectivity index is 1.90. The lowest BCUT2D eigenvalue weighted by Crippen LogP contribution is -2.33. The van der Waals surface area contributed by atoms with Crippen LogP contribution in [-0.4, -0.2) is 22.5 Å². The molecule has 0 aliphatic carbocycles. The molecule has 1 heterocycles. The Labute approximate surface area is 215 Å². The van der Waals surface area contributed by atoms with Crippen LogP contribution in [0.2, 0.25) is 0 Å². The van der Waals surface area contributed by atoms with Crippen LogP contribution < -0.4 is 10.0 Å². The van der Waals surface area contributed by atoms with Crippen molar-refractivity contribution in [1.29, 1.82) is 0 Å². The Morgan fingerprint density at radius 3 is 2.39 bits per heavy atom. The normalized spacial score (nSPS) is 11.5. The SMILES string of the molecule is Cc1c(C(=O)Nc2ccc(C(=O)O)cc2SC(F)(F)F)c2cc(Br)ccc2[n+]([O-])c1-c1ccccc1. The van der Waals surface area contributed by atoms with E-state index in [4.69, 9.17) is 0 Å². The molecule has 0 aliphatic heterocycles. The summed E-state index contributed by atoms with van der Waals surface area (Å²) in [7, 11) is 0. The Bertz CT molecular complexity index is 1510. The van der Waals surface area contributed by atoms with E-state index in [0.29, 0.717) is 21.0 Å². The van der Waals surface area contributed by atoms with E-state index in [0.717, 1.165) is 22.9 Å². The van der Waals surface area contributed by atoms with Gasteiger partial charge in [0.15, 0.2) is 0 Å². The van der Waals surface area contributed by atoms with Crippen LogP contribution in [0, 0.1) is 12.1 Å². The number of benzene rings is 3. The quantitative estimate of drug-likeness (QED) is 0.155. The highest BCUT2D eigenvalue weighted by atomic mass is 79.9. The maximum absolute atomic E-state index is 13.5. The first-order chi connectivity index (χ1) is 17.0. The van der Waals surface area contributed by atoms with Crippen molar-refractivity contribution < 1.29 is 32.6 Å². The number of aromatic nitrogens is 1. The third-order valence-corrected chi connectivity index (χ3v) is 6.64. The second-order valence-corrected chi connectivity index (χ2v) is 9.71. The van der Waals surface area contributed by atoms with Crippen LogP contribution in [0.15, 0.2) is 76.1 Å². The van der Waals surface area contributed by atoms with Gasteiger partial charge in [-0.15, -0.1) is 0 Å². The van der Waals surface area contributed by atoms with Crippen LogP contribution in [0.5, 0.6) is 0 Å². The van der Waals surface area contributed by atoms with Crippen molar-refractivity contribution in [3.8, 4) is 11.3 Å². The molecule has 0 aliphatic rings. The number of carboxylic acids is 1. The van der Waals surface area contributed by atoms with Crippen LogP contribution in [-0.2, 0) is 0 Å². The van der Waals surface area contributed by atoms with Gasteiger partial charge in [-0.1, -0.05) is 34.1 Å². The zero-order chi connectivity index (χ0) is 26.2. The topological polar surface area (TPSA) is 93.3 Å². The summed E-state index contributed by atoms with van der Waals surface area (Å²) in [6, 6.07) is 16.5. The molecule has 0 radical (unpaired) electrons. The Morgan fingerprint density at radius 1 is 1.06 bits per heavy atom. The van der Waals surface area contributed by atoms with E-state index in [1.165, 1.54) is 0 Å². The number of carboxylic acid groups (broad SMARTS) is 1. The van der Waals surface area contributed by atoms with Gasteiger partial charge in [-0.2, -0.15) is 17.9 Å². The van der Waals surface area contributed by atoms with Crippen molar-refractivity contribution in [3.63, 3.8) is 0 Å². The van der Waals surface area contributed by atoms with Gasteiger partial charge < -0.3 is 15.6 Å². The highest BCUT2D eigenvalue weighted by molar-refractivity contribution is 9.10. The van der Waals surface area contributed by atoms with Crippen molar-refractivity contribution in [2.24, 2.45) is 0 Å². The molecule has 0 bridgehead atoms. The molecule has 11 heteroatoms. The smallest absolute Gasteiger partial charge is 0.446 e. The molecule has 0 saturated heterocycles. The summed E-state index contributed by atoms with van der Waals surface area (Å²) in [6.07, 6.45) is 0. The molecule has 0 saturated carbocycles. The van der Waals surface area contributed by atoms with Crippen molar-refractivity contribution in [2.75, 3.05) is 5.32 Å². The van der Waals surface area contributed by atoms with Crippen molar-refractivity contribution in [2.45, 2.75) is 17.3 Å². The first kappa shape index (κ1) is 25.5. The third kappa shape index (κ3) is 5.17. The van der Waals surface area contributed by atoms with E-state index < -0.39 is 34.0 Å². The summed E-state index contributed by atoms with van der Waals surface area (Å²) in [5, 5.41) is 25.3. The molecule has 4 aromatic rings. The fourth-order valence-corrected chi connectivity index (χ4v) is 4.88. The molecule has 184 valence electrons. The van der Waals surface area contributed by atoms with Crippen LogP contribution in [0.1, 0.15) is 26.3 Å². The number of alkyl halides is 3. The predicted molar refractivity (Wildman–Crippen MR) is 134 cm³/mol. The number of nitrogens with zero attached hydrogens (tertiary/aromatic N) is 1. The van der Waals surface area contributed by atoms with Gasteiger partial charge in [0.05, 0.1) is 22.2 Å². The maximum atomic E-state index is 13.5. The van der Waals surface area contributed by atoms with E-state index in [1.807, 2.05) is 0 Å². The molecule has 36 heavy (non-hydrogen) atoms. The van der Waals surface area contributed by atoms with Gasteiger partial charge in [-0.05, 0) is 61.2 Å². The maximum Gasteiger partial charge on any atom is 0.446 e. The molecular formula is C25H16BrF3N2O4S. The Kier molecular flexibility index (Phi) is 6.96. The van der Waals surface area contributed by atoms with Crippen LogP contribution >= 0.6 is 27.7 Å². The summed E-state index contributed by atoms with van der Waals surface area (Å²) < 4.78 is 40.8. The molecule has 0 unspecified atom stereocenters. The number of carbonyl (C=O) groups is 2. The zero-order valence-corrected chi connectivity index (χ0v) is 20.8. The highest BCUT2D eigenvalue weighted by Gasteiger charge is 2.32. The first-order valence-electron chi connectivity index (χ1n) is 10.3. The molecule has 1 amide bonds. The first-order valence-corrected chi connectivity index (χ1v) is 11.9. The number of pyridine rings is 1. The standard InChI is InChI=1S/C25H16BrF3N2O4S/c1-13-21(23(32)30-18-9-7-15(24(33)34)11-20(18)36-25(27,28)29)17-12-16(26)8-10-19(17)31(35)22(13)14-5-3-2-4-6-14/h2-12H,1H3,(H,30,32)(H,33,34). The third-order valence-electron chi connectivity index (χ3n) is 5.36. The number of aromatic carboxylic acids is 1. The van der Waals surface area contributed by atoms with Gasteiger partial charge in [0.1, 0.15) is 0 Å². The molecule has 0 spiro atoms. The number of fused-ring (bicyclic) bond motifs is 1. The highest BCUT2D eigenvalue weighted by Crippen LogP contribution is 2.41. The number of hydrogen-bond donors (Lipinski definition) is 2. The fraction of sp³-hybridized carbons (Fsp3) is 0.0800. The lowest BCUT2D eigenvalue weighted by Gasteiger charge is -2.17. The number of hydrogen-bond acceptors (Lipinski definition) is 4. The monoisotopic (exact) mass is 576 g/mol. The van der Waals surface area contributed by atoms with Crippen molar-refractivity contribution >= 4 is 56.2 Å². The number of carbonyl (C=O) groups excluding carboxylic acids is 1. The molecular weight excluding hydrogens is 561 g/mol. The van der Waals surface area contributed by atoms with Gasteiger partial charge in [0.2, 0.25) is 11.2 Å². The van der Waals surface area contributed by atoms with Crippen molar-refractivity contribution in [1.82, 2.24) is 0 Å². The number of anilines is 1. The van der Waals surface area contributed by atoms with E-state index in [1.54, 1.807) is 55.5 Å². The molecule has 1 aromatic heterocycles. The van der Waals surface area contributed by atoms with Crippen LogP contribution in [0.4, 0.5) is 18.9 Å². The van der Waals surface area contributed by atoms with Gasteiger partial charge in [0.25, 0.3) is 5.91 Å². The Hall–Kier alpha value is -3.57. The zero-order valence-electron chi connectivity index (χ0n) is 18.4. The molecule has 4 rings (SSSR count). The van der Waals surface area contributed by atoms with E-state index in [9.17, 15) is 33.1 Å². The largest absolute Gasteiger partial charge is 0.618 e. The second-order valence-electron chi connectivity index (χ2n) is 7.69. The van der Waals surface area contributed by atoms with Gasteiger partial charge in [-0.25, -0.2) is 4.79 Å². The number of thioether (sulfide) groups is 1. The molecule has 3 aromatic carbocycles. The summed E-state index contributed by atoms with van der Waals surface area (Å²) in [4.78, 5) is 24.4. The molecule has 6 nitrogen and oxygen atoms in total. The van der Waals surface area contributed by atoms with E-state index in [2.05, 4.69) is 21.2 Å². The summed E-state index contributed by atoms with van der Waals surface area (Å²) in [5.41, 5.74) is -3.89. The summed E-state index contributed by atoms with van der Waals surface area (Å²) in [6.45, 7) is 1.59. The van der Waals surface area contributed by atoms with Gasteiger partial charge >= 0.3 is 11.5 Å². The number of nitrogens with one attached hydrogen (secondary N) is 1. The summed E-state index contributed by atoms with van der Waals surface area (Å²) >= 11 is 2.80. The van der Waals surface area contributed by atoms with E-state index in [-0.39, 0.29) is 28.0 Å². The minimum atomic E-state index is -4.72. The lowest BCUT2D eigenvalue weighted by atomic mass is 9.97. The predicted octanol–water partition coefficient (Wildman–Crippen LogP) is 6.77.